The highest BCUT2D eigenvalue weighted by Gasteiger charge is 2.27. The summed E-state index contributed by atoms with van der Waals surface area (Å²) in [7, 11) is -3.88. The minimum Gasteiger partial charge on any atom is -0.489 e. The Morgan fingerprint density at radius 2 is 2.00 bits per heavy atom. The molecule has 1 aromatic heterocycles. The lowest BCUT2D eigenvalue weighted by Crippen LogP contribution is -2.26. The number of nitrogens with zero attached hydrogens (tertiary/aromatic N) is 2. The molecule has 2 aromatic rings. The van der Waals surface area contributed by atoms with Gasteiger partial charge in [-0.3, -0.25) is 0 Å². The van der Waals surface area contributed by atoms with Gasteiger partial charge in [-0.25, -0.2) is 13.4 Å². The van der Waals surface area contributed by atoms with E-state index in [0.29, 0.717) is 6.54 Å². The van der Waals surface area contributed by atoms with E-state index in [2.05, 4.69) is 4.98 Å². The lowest BCUT2D eigenvalue weighted by molar-refractivity contribution is 0.00210. The summed E-state index contributed by atoms with van der Waals surface area (Å²) in [6, 6.07) is 4.05. The molecule has 0 saturated heterocycles. The number of aromatic nitrogens is 2. The van der Waals surface area contributed by atoms with Crippen LogP contribution in [0.2, 0.25) is 5.02 Å². The molecule has 1 aromatic carbocycles. The summed E-state index contributed by atoms with van der Waals surface area (Å²) >= 11 is 18.0. The van der Waals surface area contributed by atoms with E-state index in [1.165, 1.54) is 30.4 Å². The van der Waals surface area contributed by atoms with Gasteiger partial charge in [-0.2, -0.15) is 0 Å². The molecule has 33 heavy (non-hydrogen) atoms. The summed E-state index contributed by atoms with van der Waals surface area (Å²) in [5.74, 6) is 0.230. The number of aliphatic hydroxyl groups is 2. The largest absolute Gasteiger partial charge is 0.489 e. The smallest absolute Gasteiger partial charge is 0.206 e. The Labute approximate surface area is 206 Å². The van der Waals surface area contributed by atoms with Crippen LogP contribution < -0.4 is 4.74 Å². The van der Waals surface area contributed by atoms with Gasteiger partial charge >= 0.3 is 0 Å². The zero-order valence-corrected chi connectivity index (χ0v) is 20.4. The lowest BCUT2D eigenvalue weighted by Gasteiger charge is -2.22. The number of aliphatic hydroxyl groups excluding tert-OH is 2. The SMILES string of the molecule is O=S(=O)(C1=CCC(OC[C@H](O)Cn2ccnc2)C(Cl)=C1)c1ccc(OC[C@H](O)CCl)c(Cl)c1. The lowest BCUT2D eigenvalue weighted by atomic mass is 10.1. The van der Waals surface area contributed by atoms with Crippen LogP contribution in [-0.4, -0.2) is 65.6 Å². The van der Waals surface area contributed by atoms with E-state index < -0.39 is 28.1 Å². The quantitative estimate of drug-likeness (QED) is 0.424. The van der Waals surface area contributed by atoms with Crippen molar-refractivity contribution in [2.45, 2.75) is 36.2 Å². The minimum atomic E-state index is -3.88. The maximum Gasteiger partial charge on any atom is 0.206 e. The fourth-order valence-electron chi connectivity index (χ4n) is 3.01. The topological polar surface area (TPSA) is 111 Å². The van der Waals surface area contributed by atoms with Crippen molar-refractivity contribution >= 4 is 44.6 Å². The van der Waals surface area contributed by atoms with Gasteiger partial charge in [0.05, 0.1) is 52.4 Å². The molecule has 0 saturated carbocycles. The van der Waals surface area contributed by atoms with E-state index in [-0.39, 0.29) is 51.1 Å². The Kier molecular flexibility index (Phi) is 9.23. The molecule has 8 nitrogen and oxygen atoms in total. The Hall–Kier alpha value is -1.59. The number of benzene rings is 1. The summed E-state index contributed by atoms with van der Waals surface area (Å²) in [4.78, 5) is 3.90. The normalized spacial score (nSPS) is 18.4. The van der Waals surface area contributed by atoms with Gasteiger partial charge in [0, 0.05) is 17.4 Å². The molecular formula is C21H23Cl3N2O6S. The number of hydrogen-bond acceptors (Lipinski definition) is 7. The molecule has 0 aliphatic heterocycles. The predicted octanol–water partition coefficient (Wildman–Crippen LogP) is 3.15. The molecule has 3 atom stereocenters. The third-order valence-corrected chi connectivity index (χ3v) is 7.51. The van der Waals surface area contributed by atoms with E-state index in [4.69, 9.17) is 44.3 Å². The van der Waals surface area contributed by atoms with Gasteiger partial charge in [0.1, 0.15) is 18.5 Å². The molecule has 0 amide bonds. The third-order valence-electron chi connectivity index (χ3n) is 4.72. The summed E-state index contributed by atoms with van der Waals surface area (Å²) in [6.45, 7) is 0.268. The van der Waals surface area contributed by atoms with E-state index in [9.17, 15) is 18.6 Å². The Morgan fingerprint density at radius 3 is 2.64 bits per heavy atom. The zero-order chi connectivity index (χ0) is 24.0. The molecular weight excluding hydrogens is 515 g/mol. The molecule has 0 spiro atoms. The van der Waals surface area contributed by atoms with Gasteiger partial charge in [0.2, 0.25) is 9.84 Å². The van der Waals surface area contributed by atoms with Crippen LogP contribution in [0.4, 0.5) is 0 Å². The van der Waals surface area contributed by atoms with Crippen LogP contribution in [0, 0.1) is 0 Å². The van der Waals surface area contributed by atoms with Gasteiger partial charge in [-0.05, 0) is 30.7 Å². The fraction of sp³-hybridized carbons (Fsp3) is 0.381. The van der Waals surface area contributed by atoms with E-state index in [0.717, 1.165) is 0 Å². The molecule has 1 aliphatic carbocycles. The van der Waals surface area contributed by atoms with Crippen molar-refractivity contribution in [3.05, 3.63) is 64.0 Å². The maximum atomic E-state index is 13.0. The molecule has 12 heteroatoms. The van der Waals surface area contributed by atoms with Crippen LogP contribution in [0.15, 0.2) is 63.9 Å². The summed E-state index contributed by atoms with van der Waals surface area (Å²) in [5, 5.41) is 19.9. The summed E-state index contributed by atoms with van der Waals surface area (Å²) < 4.78 is 38.8. The average Bonchev–Trinajstić information content (AvgIpc) is 3.30. The first-order valence-electron chi connectivity index (χ1n) is 9.94. The van der Waals surface area contributed by atoms with Crippen LogP contribution in [0.1, 0.15) is 6.42 Å². The number of rotatable bonds is 11. The monoisotopic (exact) mass is 536 g/mol. The van der Waals surface area contributed by atoms with Crippen molar-refractivity contribution in [3.63, 3.8) is 0 Å². The molecule has 1 heterocycles. The van der Waals surface area contributed by atoms with Crippen LogP contribution >= 0.6 is 34.8 Å². The van der Waals surface area contributed by atoms with E-state index in [1.807, 2.05) is 0 Å². The highest BCUT2D eigenvalue weighted by Crippen LogP contribution is 2.33. The van der Waals surface area contributed by atoms with Crippen molar-refractivity contribution in [2.24, 2.45) is 0 Å². The number of sulfone groups is 1. The standard InChI is InChI=1S/C21H23Cl3N2O6S/c22-9-14(27)11-31-20-3-1-16(7-18(20)23)33(29,30)17-2-4-21(19(24)8-17)32-12-15(28)10-26-6-5-25-13-26/h1-3,5-8,13-15,21,27-28H,4,9-12H2/t14-,15-,21?/m1/s1. The second-order valence-corrected chi connectivity index (χ2v) is 10.4. The van der Waals surface area contributed by atoms with Crippen molar-refractivity contribution < 1.29 is 28.1 Å². The highest BCUT2D eigenvalue weighted by molar-refractivity contribution is 7.95. The van der Waals surface area contributed by atoms with Crippen LogP contribution in [-0.2, 0) is 21.1 Å². The second-order valence-electron chi connectivity index (χ2n) is 7.32. The Morgan fingerprint density at radius 1 is 1.21 bits per heavy atom. The van der Waals surface area contributed by atoms with Gasteiger partial charge in [0.15, 0.2) is 0 Å². The van der Waals surface area contributed by atoms with Crippen molar-refractivity contribution in [2.75, 3.05) is 19.1 Å². The molecule has 1 unspecified atom stereocenters. The van der Waals surface area contributed by atoms with Gasteiger partial charge < -0.3 is 24.3 Å². The molecule has 0 fully saturated rings. The highest BCUT2D eigenvalue weighted by atomic mass is 35.5. The molecule has 0 bridgehead atoms. The number of alkyl halides is 1. The molecule has 180 valence electrons. The number of imidazole rings is 1. The van der Waals surface area contributed by atoms with E-state index in [1.54, 1.807) is 23.3 Å². The number of allylic oxidation sites excluding steroid dienone is 1. The van der Waals surface area contributed by atoms with Gasteiger partial charge in [0.25, 0.3) is 0 Å². The van der Waals surface area contributed by atoms with Crippen LogP contribution in [0.3, 0.4) is 0 Å². The van der Waals surface area contributed by atoms with Crippen LogP contribution in [0.25, 0.3) is 0 Å². The first kappa shape index (κ1) is 26.0. The minimum absolute atomic E-state index is 0.000385. The number of hydrogen-bond donors (Lipinski definition) is 2. The zero-order valence-electron chi connectivity index (χ0n) is 17.4. The maximum absolute atomic E-state index is 13.0. The third kappa shape index (κ3) is 6.95. The molecule has 1 aliphatic rings. The Balaban J connectivity index is 1.62. The first-order chi connectivity index (χ1) is 15.7. The van der Waals surface area contributed by atoms with E-state index >= 15 is 0 Å². The van der Waals surface area contributed by atoms with Gasteiger partial charge in [-0.15, -0.1) is 11.6 Å². The fourth-order valence-corrected chi connectivity index (χ4v) is 5.12. The molecule has 2 N–H and O–H groups in total. The molecule has 0 radical (unpaired) electrons. The predicted molar refractivity (Wildman–Crippen MR) is 125 cm³/mol. The van der Waals surface area contributed by atoms with Crippen molar-refractivity contribution in [3.8, 4) is 5.75 Å². The second kappa shape index (κ2) is 11.7. The average molecular weight is 538 g/mol. The Bertz CT molecular complexity index is 1110. The molecule has 3 rings (SSSR count). The van der Waals surface area contributed by atoms with Gasteiger partial charge in [-0.1, -0.05) is 29.3 Å². The first-order valence-corrected chi connectivity index (χ1v) is 12.7. The number of ether oxygens (including phenoxy) is 2. The summed E-state index contributed by atoms with van der Waals surface area (Å²) in [5.41, 5.74) is 0. The van der Waals surface area contributed by atoms with Crippen LogP contribution in [0.5, 0.6) is 5.75 Å². The van der Waals surface area contributed by atoms with Crippen molar-refractivity contribution in [1.82, 2.24) is 9.55 Å². The summed E-state index contributed by atoms with van der Waals surface area (Å²) in [6.07, 6.45) is 5.81. The van der Waals surface area contributed by atoms with Crippen molar-refractivity contribution in [1.29, 1.82) is 0 Å². The number of halogens is 3.